The van der Waals surface area contributed by atoms with Gasteiger partial charge in [-0.25, -0.2) is 8.42 Å². The van der Waals surface area contributed by atoms with Gasteiger partial charge in [-0.3, -0.25) is 4.72 Å². The first-order valence-corrected chi connectivity index (χ1v) is 10.5. The van der Waals surface area contributed by atoms with Crippen LogP contribution in [0.3, 0.4) is 0 Å². The summed E-state index contributed by atoms with van der Waals surface area (Å²) >= 11 is 2.72. The highest BCUT2D eigenvalue weighted by atomic mass is 32.2. The number of methoxy groups -OCH3 is 1. The zero-order valence-electron chi connectivity index (χ0n) is 13.2. The Hall–Kier alpha value is -2.10. The second kappa shape index (κ2) is 7.85. The maximum atomic E-state index is 12.4. The molecule has 0 unspecified atom stereocenters. The quantitative estimate of drug-likeness (QED) is 0.617. The van der Waals surface area contributed by atoms with E-state index in [9.17, 15) is 8.42 Å². The molecule has 0 fully saturated rings. The fraction of sp³-hybridized carbons (Fsp3) is 0.125. The van der Waals surface area contributed by atoms with Gasteiger partial charge in [0.2, 0.25) is 5.13 Å². The normalized spacial score (nSPS) is 11.2. The van der Waals surface area contributed by atoms with E-state index in [0.29, 0.717) is 10.1 Å². The highest BCUT2D eigenvalue weighted by Crippen LogP contribution is 2.29. The lowest BCUT2D eigenvalue weighted by atomic mass is 10.2. The van der Waals surface area contributed by atoms with E-state index < -0.39 is 10.0 Å². The summed E-state index contributed by atoms with van der Waals surface area (Å²) in [5.74, 6) is 1.34. The van der Waals surface area contributed by atoms with Crippen molar-refractivity contribution in [3.63, 3.8) is 0 Å². The average molecular weight is 394 g/mol. The molecule has 0 saturated heterocycles. The summed E-state index contributed by atoms with van der Waals surface area (Å²) in [6.07, 6.45) is 0. The van der Waals surface area contributed by atoms with Crippen molar-refractivity contribution in [2.24, 2.45) is 0 Å². The largest absolute Gasteiger partial charge is 0.497 e. The zero-order valence-corrected chi connectivity index (χ0v) is 15.7. The first kappa shape index (κ1) is 17.7. The number of rotatable bonds is 7. The fourth-order valence-corrected chi connectivity index (χ4v) is 4.90. The Bertz CT molecular complexity index is 926. The molecule has 0 aliphatic heterocycles. The van der Waals surface area contributed by atoms with Crippen LogP contribution in [0.4, 0.5) is 5.13 Å². The number of aromatic nitrogens is 2. The van der Waals surface area contributed by atoms with Crippen LogP contribution in [0, 0.1) is 0 Å². The van der Waals surface area contributed by atoms with E-state index >= 15 is 0 Å². The van der Waals surface area contributed by atoms with Crippen LogP contribution in [0.15, 0.2) is 63.8 Å². The molecular formula is C16H15N3O3S3. The molecule has 3 rings (SSSR count). The first-order chi connectivity index (χ1) is 12.1. The molecule has 2 aromatic carbocycles. The van der Waals surface area contributed by atoms with Crippen molar-refractivity contribution >= 4 is 38.3 Å². The molecule has 0 aliphatic rings. The highest BCUT2D eigenvalue weighted by Gasteiger charge is 2.17. The van der Waals surface area contributed by atoms with E-state index in [1.165, 1.54) is 47.9 Å². The van der Waals surface area contributed by atoms with E-state index in [1.54, 1.807) is 12.1 Å². The second-order valence-electron chi connectivity index (χ2n) is 4.93. The molecule has 0 bridgehead atoms. The predicted molar refractivity (Wildman–Crippen MR) is 99.7 cm³/mol. The molecule has 25 heavy (non-hydrogen) atoms. The number of sulfonamides is 1. The van der Waals surface area contributed by atoms with Gasteiger partial charge in [0.1, 0.15) is 5.75 Å². The van der Waals surface area contributed by atoms with Gasteiger partial charge >= 0.3 is 0 Å². The van der Waals surface area contributed by atoms with Gasteiger partial charge in [0.25, 0.3) is 10.0 Å². The van der Waals surface area contributed by atoms with E-state index in [-0.39, 0.29) is 10.0 Å². The van der Waals surface area contributed by atoms with Crippen molar-refractivity contribution in [1.82, 2.24) is 10.2 Å². The molecule has 0 amide bonds. The molecule has 1 aromatic heterocycles. The number of nitrogens with one attached hydrogen (secondary N) is 1. The van der Waals surface area contributed by atoms with Crippen molar-refractivity contribution < 1.29 is 13.2 Å². The van der Waals surface area contributed by atoms with Crippen molar-refractivity contribution in [1.29, 1.82) is 0 Å². The summed E-state index contributed by atoms with van der Waals surface area (Å²) in [5.41, 5.74) is 1.17. The number of hydrogen-bond acceptors (Lipinski definition) is 7. The Labute approximate surface area is 154 Å². The minimum Gasteiger partial charge on any atom is -0.497 e. The van der Waals surface area contributed by atoms with E-state index in [4.69, 9.17) is 4.74 Å². The van der Waals surface area contributed by atoms with E-state index in [1.807, 2.05) is 30.3 Å². The van der Waals surface area contributed by atoms with Crippen molar-refractivity contribution in [3.05, 3.63) is 60.2 Å². The highest BCUT2D eigenvalue weighted by molar-refractivity contribution is 8.00. The molecular weight excluding hydrogens is 378 g/mol. The predicted octanol–water partition coefficient (Wildman–Crippen LogP) is 3.64. The minimum absolute atomic E-state index is 0.141. The molecule has 0 spiro atoms. The van der Waals surface area contributed by atoms with Crippen molar-refractivity contribution in [3.8, 4) is 5.75 Å². The smallest absolute Gasteiger partial charge is 0.263 e. The van der Waals surface area contributed by atoms with Crippen LogP contribution in [0.5, 0.6) is 5.75 Å². The number of ether oxygens (including phenoxy) is 1. The van der Waals surface area contributed by atoms with Gasteiger partial charge in [-0.15, -0.1) is 10.2 Å². The number of nitrogens with zero attached hydrogens (tertiary/aromatic N) is 2. The van der Waals surface area contributed by atoms with Crippen LogP contribution < -0.4 is 9.46 Å². The summed E-state index contributed by atoms with van der Waals surface area (Å²) in [4.78, 5) is 0.141. The summed E-state index contributed by atoms with van der Waals surface area (Å²) in [6.45, 7) is 0. The van der Waals surface area contributed by atoms with Crippen LogP contribution >= 0.6 is 23.1 Å². The lowest BCUT2D eigenvalue weighted by Gasteiger charge is -2.05. The molecule has 0 radical (unpaired) electrons. The lowest BCUT2D eigenvalue weighted by Crippen LogP contribution is -2.12. The average Bonchev–Trinajstić information content (AvgIpc) is 3.07. The molecule has 1 N–H and O–H groups in total. The van der Waals surface area contributed by atoms with E-state index in [2.05, 4.69) is 14.9 Å². The van der Waals surface area contributed by atoms with Gasteiger partial charge < -0.3 is 4.74 Å². The van der Waals surface area contributed by atoms with Gasteiger partial charge in [-0.2, -0.15) is 0 Å². The summed E-state index contributed by atoms with van der Waals surface area (Å²) in [5, 5.41) is 8.17. The maximum absolute atomic E-state index is 12.4. The van der Waals surface area contributed by atoms with Crippen LogP contribution in [-0.2, 0) is 15.8 Å². The third-order valence-electron chi connectivity index (χ3n) is 3.20. The lowest BCUT2D eigenvalue weighted by molar-refractivity contribution is 0.414. The zero-order chi connectivity index (χ0) is 17.7. The number of anilines is 1. The first-order valence-electron chi connectivity index (χ1n) is 7.24. The second-order valence-corrected chi connectivity index (χ2v) is 8.81. The Balaban J connectivity index is 1.65. The standard InChI is InChI=1S/C16H15N3O3S3/c1-22-13-7-9-14(10-8-13)25(20,21)19-15-17-18-16(24-15)23-11-12-5-3-2-4-6-12/h2-10H,11H2,1H3,(H,17,19). The molecule has 0 saturated carbocycles. The molecule has 0 atom stereocenters. The number of hydrogen-bond donors (Lipinski definition) is 1. The third kappa shape index (κ3) is 4.71. The van der Waals surface area contributed by atoms with Crippen LogP contribution in [-0.4, -0.2) is 25.7 Å². The van der Waals surface area contributed by atoms with Gasteiger partial charge in [-0.1, -0.05) is 53.4 Å². The molecule has 6 nitrogen and oxygen atoms in total. The molecule has 9 heteroatoms. The Morgan fingerprint density at radius 1 is 1.08 bits per heavy atom. The Kier molecular flexibility index (Phi) is 5.57. The molecule has 1 heterocycles. The van der Waals surface area contributed by atoms with Crippen LogP contribution in [0.1, 0.15) is 5.56 Å². The van der Waals surface area contributed by atoms with Gasteiger partial charge in [0, 0.05) is 5.75 Å². The van der Waals surface area contributed by atoms with Crippen LogP contribution in [0.25, 0.3) is 0 Å². The van der Waals surface area contributed by atoms with Crippen LogP contribution in [0.2, 0.25) is 0 Å². The van der Waals surface area contributed by atoms with Crippen molar-refractivity contribution in [2.45, 2.75) is 15.0 Å². The SMILES string of the molecule is COc1ccc(S(=O)(=O)Nc2nnc(SCc3ccccc3)s2)cc1. The number of thioether (sulfide) groups is 1. The van der Waals surface area contributed by atoms with E-state index in [0.717, 1.165) is 5.75 Å². The Morgan fingerprint density at radius 2 is 1.80 bits per heavy atom. The number of benzene rings is 2. The maximum Gasteiger partial charge on any atom is 0.263 e. The molecule has 0 aliphatic carbocycles. The molecule has 3 aromatic rings. The topological polar surface area (TPSA) is 81.2 Å². The fourth-order valence-electron chi connectivity index (χ4n) is 1.96. The van der Waals surface area contributed by atoms with Gasteiger partial charge in [-0.05, 0) is 29.8 Å². The Morgan fingerprint density at radius 3 is 2.48 bits per heavy atom. The summed E-state index contributed by atoms with van der Waals surface area (Å²) < 4.78 is 32.9. The van der Waals surface area contributed by atoms with Crippen molar-refractivity contribution in [2.75, 3.05) is 11.8 Å². The summed E-state index contributed by atoms with van der Waals surface area (Å²) in [7, 11) is -2.17. The van der Waals surface area contributed by atoms with Gasteiger partial charge in [0.15, 0.2) is 4.34 Å². The molecule has 130 valence electrons. The summed E-state index contributed by atoms with van der Waals surface area (Å²) in [6, 6.07) is 16.1. The third-order valence-corrected chi connectivity index (χ3v) is 6.73. The minimum atomic E-state index is -3.70. The monoisotopic (exact) mass is 393 g/mol. The van der Waals surface area contributed by atoms with Gasteiger partial charge in [0.05, 0.1) is 12.0 Å².